The first-order valence-corrected chi connectivity index (χ1v) is 12.9. The first-order valence-electron chi connectivity index (χ1n) is 12.1. The Balaban J connectivity index is 0.00000141. The summed E-state index contributed by atoms with van der Waals surface area (Å²) < 4.78 is 7.25. The van der Waals surface area contributed by atoms with Gasteiger partial charge in [-0.2, -0.15) is 0 Å². The Kier molecular flexibility index (Phi) is 8.24. The van der Waals surface area contributed by atoms with Crippen LogP contribution in [0.4, 0.5) is 0 Å². The van der Waals surface area contributed by atoms with Gasteiger partial charge in [-0.15, -0.1) is 6.42 Å². The number of hydrogen-bond acceptors (Lipinski definition) is 1. The van der Waals surface area contributed by atoms with Gasteiger partial charge >= 0.3 is 0 Å². The summed E-state index contributed by atoms with van der Waals surface area (Å²) >= 11 is 3.71. The third kappa shape index (κ3) is 5.59. The lowest BCUT2D eigenvalue weighted by molar-refractivity contribution is 0.279. The molecule has 0 saturated heterocycles. The van der Waals surface area contributed by atoms with E-state index in [1.807, 2.05) is 26.0 Å². The highest BCUT2D eigenvalue weighted by Crippen LogP contribution is 2.45. The molecule has 0 aromatic heterocycles. The molecule has 0 saturated carbocycles. The Hall–Kier alpha value is -3.54. The summed E-state index contributed by atoms with van der Waals surface area (Å²) in [6.07, 6.45) is 17.9. The van der Waals surface area contributed by atoms with Crippen LogP contribution in [0.1, 0.15) is 37.0 Å². The molecular weight excluding hydrogens is 492 g/mol. The zero-order chi connectivity index (χ0) is 24.6. The number of allylic oxidation sites excluding steroid dienone is 6. The summed E-state index contributed by atoms with van der Waals surface area (Å²) in [7, 11) is 0. The molecule has 1 heterocycles. The molecule has 1 unspecified atom stereocenters. The summed E-state index contributed by atoms with van der Waals surface area (Å²) in [6.45, 7) is 4.00. The molecule has 3 aromatic carbocycles. The Bertz CT molecular complexity index is 1330. The van der Waals surface area contributed by atoms with Gasteiger partial charge in [0.15, 0.2) is 0 Å². The molecule has 0 fully saturated rings. The van der Waals surface area contributed by atoms with Crippen LogP contribution in [-0.4, -0.2) is 6.10 Å². The van der Waals surface area contributed by atoms with Gasteiger partial charge in [0.05, 0.1) is 0 Å². The molecule has 0 amide bonds. The fraction of sp³-hybridized carbons (Fsp3) is 0.152. The van der Waals surface area contributed by atoms with Gasteiger partial charge < -0.3 is 4.74 Å². The zero-order valence-corrected chi connectivity index (χ0v) is 21.8. The van der Waals surface area contributed by atoms with Crippen molar-refractivity contribution in [2.45, 2.75) is 32.8 Å². The summed E-state index contributed by atoms with van der Waals surface area (Å²) in [5.41, 5.74) is 8.18. The molecule has 0 spiro atoms. The predicted octanol–water partition coefficient (Wildman–Crippen LogP) is 9.02. The van der Waals surface area contributed by atoms with E-state index >= 15 is 0 Å². The molecule has 0 N–H and O–H groups in total. The Morgan fingerprint density at radius 2 is 1.77 bits per heavy atom. The molecule has 1 aliphatic heterocycles. The average molecular weight is 521 g/mol. The van der Waals surface area contributed by atoms with Crippen molar-refractivity contribution in [3.63, 3.8) is 0 Å². The highest BCUT2D eigenvalue weighted by molar-refractivity contribution is 9.12. The van der Waals surface area contributed by atoms with Crippen LogP contribution in [0.2, 0.25) is 0 Å². The van der Waals surface area contributed by atoms with Crippen LogP contribution >= 0.6 is 15.9 Å². The van der Waals surface area contributed by atoms with Gasteiger partial charge in [-0.3, -0.25) is 0 Å². The normalized spacial score (nSPS) is 16.2. The second kappa shape index (κ2) is 11.7. The summed E-state index contributed by atoms with van der Waals surface area (Å²) in [5.74, 6) is 3.64. The lowest BCUT2D eigenvalue weighted by Crippen LogP contribution is -2.13. The van der Waals surface area contributed by atoms with E-state index in [9.17, 15) is 0 Å². The van der Waals surface area contributed by atoms with Crippen LogP contribution in [0.3, 0.4) is 0 Å². The maximum atomic E-state index is 6.15. The second-order valence-corrected chi connectivity index (χ2v) is 9.01. The smallest absolute Gasteiger partial charge is 0.129 e. The maximum absolute atomic E-state index is 6.15. The van der Waals surface area contributed by atoms with Crippen LogP contribution in [0.25, 0.3) is 22.3 Å². The minimum atomic E-state index is 0.108. The summed E-state index contributed by atoms with van der Waals surface area (Å²) in [4.78, 5) is 0. The van der Waals surface area contributed by atoms with Crippen molar-refractivity contribution in [1.82, 2.24) is 0 Å². The van der Waals surface area contributed by atoms with Crippen LogP contribution in [0, 0.1) is 12.3 Å². The maximum Gasteiger partial charge on any atom is 0.129 e. The van der Waals surface area contributed by atoms with Gasteiger partial charge in [-0.25, -0.2) is 0 Å². The van der Waals surface area contributed by atoms with Crippen LogP contribution < -0.4 is 4.74 Å². The van der Waals surface area contributed by atoms with Gasteiger partial charge in [0.1, 0.15) is 11.9 Å². The van der Waals surface area contributed by atoms with Crippen molar-refractivity contribution >= 4 is 27.1 Å². The number of hydrogen-bond donors (Lipinski definition) is 0. The SMILES string of the molecule is C#C/C=C(\C=C/Cc1ccccc1)c1ccc(-c2ccc3c(c2)C2=C(Br)C=CCC2O3)cc1.CC. The molecule has 3 aromatic rings. The van der Waals surface area contributed by atoms with E-state index in [0.29, 0.717) is 0 Å². The van der Waals surface area contributed by atoms with E-state index in [4.69, 9.17) is 11.2 Å². The van der Waals surface area contributed by atoms with Crippen molar-refractivity contribution < 1.29 is 4.74 Å². The van der Waals surface area contributed by atoms with E-state index in [1.165, 1.54) is 27.8 Å². The minimum absolute atomic E-state index is 0.108. The van der Waals surface area contributed by atoms with Crippen molar-refractivity contribution in [1.29, 1.82) is 0 Å². The molecule has 2 aliphatic rings. The molecule has 0 bridgehead atoms. The molecule has 5 rings (SSSR count). The number of rotatable bonds is 5. The number of terminal acetylenes is 1. The molecule has 2 heteroatoms. The van der Waals surface area contributed by atoms with Crippen molar-refractivity contribution in [3.8, 4) is 29.2 Å². The first kappa shape index (κ1) is 24.6. The van der Waals surface area contributed by atoms with Gasteiger partial charge in [0.2, 0.25) is 0 Å². The lowest BCUT2D eigenvalue weighted by Gasteiger charge is -2.14. The first-order chi connectivity index (χ1) is 17.2. The van der Waals surface area contributed by atoms with E-state index in [1.54, 1.807) is 0 Å². The van der Waals surface area contributed by atoms with Gasteiger partial charge in [-0.05, 0) is 52.5 Å². The van der Waals surface area contributed by atoms with E-state index in [0.717, 1.165) is 34.2 Å². The fourth-order valence-electron chi connectivity index (χ4n) is 4.35. The number of fused-ring (bicyclic) bond motifs is 3. The second-order valence-electron chi connectivity index (χ2n) is 8.15. The Morgan fingerprint density at radius 3 is 2.51 bits per heavy atom. The quantitative estimate of drug-likeness (QED) is 0.240. The van der Waals surface area contributed by atoms with E-state index in [2.05, 4.69) is 113 Å². The highest BCUT2D eigenvalue weighted by Gasteiger charge is 2.31. The Morgan fingerprint density at radius 1 is 1.03 bits per heavy atom. The monoisotopic (exact) mass is 520 g/mol. The highest BCUT2D eigenvalue weighted by atomic mass is 79.9. The third-order valence-corrected chi connectivity index (χ3v) is 6.71. The molecule has 0 radical (unpaired) electrons. The Labute approximate surface area is 217 Å². The van der Waals surface area contributed by atoms with Crippen LogP contribution in [0.15, 0.2) is 108 Å². The summed E-state index contributed by atoms with van der Waals surface area (Å²) in [5, 5.41) is 0. The zero-order valence-electron chi connectivity index (χ0n) is 20.2. The predicted molar refractivity (Wildman–Crippen MR) is 153 cm³/mol. The standard InChI is InChI=1S/C31H23BrO.C2H6/c1-2-8-23(12-6-11-22-9-4-3-5-10-22)24-15-17-25(18-16-24)26-19-20-29-27(21-26)31-28(32)13-7-14-30(31)33-29;1-2/h1,3-10,12-13,15-21,30H,11,14H2;1-2H3/b12-6-,23-8+;. The van der Waals surface area contributed by atoms with Crippen LogP contribution in [-0.2, 0) is 6.42 Å². The number of ether oxygens (including phenoxy) is 1. The topological polar surface area (TPSA) is 9.23 Å². The molecule has 1 aliphatic carbocycles. The van der Waals surface area contributed by atoms with E-state index < -0.39 is 0 Å². The molecule has 35 heavy (non-hydrogen) atoms. The van der Waals surface area contributed by atoms with Crippen LogP contribution in [0.5, 0.6) is 5.75 Å². The van der Waals surface area contributed by atoms with Crippen molar-refractivity contribution in [3.05, 3.63) is 124 Å². The van der Waals surface area contributed by atoms with E-state index in [-0.39, 0.29) is 6.10 Å². The average Bonchev–Trinajstić information content (AvgIpc) is 3.29. The van der Waals surface area contributed by atoms with Crippen molar-refractivity contribution in [2.75, 3.05) is 0 Å². The van der Waals surface area contributed by atoms with Gasteiger partial charge in [0, 0.05) is 22.0 Å². The third-order valence-electron chi connectivity index (χ3n) is 6.02. The van der Waals surface area contributed by atoms with Gasteiger partial charge in [0.25, 0.3) is 0 Å². The fourth-order valence-corrected chi connectivity index (χ4v) is 5.01. The number of benzene rings is 3. The number of halogens is 1. The molecule has 174 valence electrons. The van der Waals surface area contributed by atoms with Crippen molar-refractivity contribution in [2.24, 2.45) is 0 Å². The molecular formula is C33H29BrO. The van der Waals surface area contributed by atoms with Gasteiger partial charge in [-0.1, -0.05) is 121 Å². The lowest BCUT2D eigenvalue weighted by atomic mass is 9.93. The molecule has 1 nitrogen and oxygen atoms in total. The minimum Gasteiger partial charge on any atom is -0.485 e. The molecule has 1 atom stereocenters. The largest absolute Gasteiger partial charge is 0.485 e. The summed E-state index contributed by atoms with van der Waals surface area (Å²) in [6, 6.07) is 25.4.